The monoisotopic (exact) mass is 178 g/mol. The van der Waals surface area contributed by atoms with Crippen molar-refractivity contribution in [3.8, 4) is 0 Å². The Morgan fingerprint density at radius 3 is 2.20 bits per heavy atom. The molecule has 0 saturated heterocycles. The van der Waals surface area contributed by atoms with Crippen molar-refractivity contribution in [1.82, 2.24) is 0 Å². The van der Waals surface area contributed by atoms with Gasteiger partial charge in [0, 0.05) is 10.5 Å². The molecule has 0 amide bonds. The zero-order valence-corrected chi connectivity index (χ0v) is 9.07. The number of hydrogen-bond acceptors (Lipinski definition) is 2. The van der Waals surface area contributed by atoms with E-state index in [0.717, 1.165) is 0 Å². The molecule has 62 valence electrons. The molecule has 0 heterocycles. The molecule has 0 aliphatic carbocycles. The van der Waals surface area contributed by atoms with E-state index in [9.17, 15) is 0 Å². The van der Waals surface area contributed by atoms with Gasteiger partial charge in [-0.1, -0.05) is 35.4 Å². The largest absolute Gasteiger partial charge is 0.0936 e. The Morgan fingerprint density at radius 2 is 1.80 bits per heavy atom. The van der Waals surface area contributed by atoms with Gasteiger partial charge < -0.3 is 0 Å². The quantitative estimate of drug-likeness (QED) is 0.461. The van der Waals surface area contributed by atoms with Crippen molar-refractivity contribution in [1.29, 1.82) is 0 Å². The third kappa shape index (κ3) is 5.48. The molecule has 0 aliphatic rings. The fraction of sp³-hybridized carbons (Fsp3) is 1.00. The lowest BCUT2D eigenvalue weighted by atomic mass is 10.1. The average Bonchev–Trinajstić information content (AvgIpc) is 1.89. The molecule has 0 radical (unpaired) electrons. The van der Waals surface area contributed by atoms with Gasteiger partial charge in [0.05, 0.1) is 0 Å². The molecule has 0 N–H and O–H groups in total. The molecule has 0 bridgehead atoms. The predicted octanol–water partition coefficient (Wildman–Crippen LogP) is 3.97. The summed E-state index contributed by atoms with van der Waals surface area (Å²) in [6.07, 6.45) is 2.55. The van der Waals surface area contributed by atoms with Crippen LogP contribution in [0.5, 0.6) is 0 Å². The summed E-state index contributed by atoms with van der Waals surface area (Å²) in [7, 11) is 4.02. The minimum atomic E-state index is 0.472. The first-order valence-electron chi connectivity index (χ1n) is 3.93. The van der Waals surface area contributed by atoms with Crippen molar-refractivity contribution in [3.05, 3.63) is 0 Å². The Morgan fingerprint density at radius 1 is 1.20 bits per heavy atom. The van der Waals surface area contributed by atoms with Crippen molar-refractivity contribution in [3.63, 3.8) is 0 Å². The highest BCUT2D eigenvalue weighted by Gasteiger charge is 2.14. The summed E-state index contributed by atoms with van der Waals surface area (Å²) in [6.45, 7) is 9.09. The van der Waals surface area contributed by atoms with Crippen molar-refractivity contribution >= 4 is 21.6 Å². The van der Waals surface area contributed by atoms with Gasteiger partial charge in [-0.15, -0.1) is 0 Å². The Bertz CT molecular complexity index is 79.3. The van der Waals surface area contributed by atoms with E-state index in [0.29, 0.717) is 4.75 Å². The SMILES string of the molecule is CCCSSC(C)(C)CC. The van der Waals surface area contributed by atoms with Crippen molar-refractivity contribution < 1.29 is 0 Å². The molecule has 0 saturated carbocycles. The van der Waals surface area contributed by atoms with Crippen LogP contribution in [0.3, 0.4) is 0 Å². The van der Waals surface area contributed by atoms with Gasteiger partial charge in [-0.3, -0.25) is 0 Å². The number of rotatable bonds is 5. The molecule has 2 heteroatoms. The highest BCUT2D eigenvalue weighted by atomic mass is 33.1. The van der Waals surface area contributed by atoms with Crippen LogP contribution in [-0.2, 0) is 0 Å². The molecule has 0 rings (SSSR count). The van der Waals surface area contributed by atoms with Gasteiger partial charge in [-0.05, 0) is 26.7 Å². The molecule has 0 fully saturated rings. The summed E-state index contributed by atoms with van der Waals surface area (Å²) >= 11 is 0. The van der Waals surface area contributed by atoms with Gasteiger partial charge in [-0.2, -0.15) is 0 Å². The highest BCUT2D eigenvalue weighted by molar-refractivity contribution is 8.77. The maximum absolute atomic E-state index is 2.31. The third-order valence-electron chi connectivity index (χ3n) is 1.42. The van der Waals surface area contributed by atoms with E-state index in [1.165, 1.54) is 18.6 Å². The fourth-order valence-electron chi connectivity index (χ4n) is 0.343. The Kier molecular flexibility index (Phi) is 5.74. The first kappa shape index (κ1) is 10.7. The minimum absolute atomic E-state index is 0.472. The second-order valence-corrected chi connectivity index (χ2v) is 6.14. The molecular formula is C8H18S2. The van der Waals surface area contributed by atoms with E-state index in [1.807, 2.05) is 21.6 Å². The molecule has 0 aromatic rings. The van der Waals surface area contributed by atoms with Gasteiger partial charge in [0.15, 0.2) is 0 Å². The maximum atomic E-state index is 2.31. The summed E-state index contributed by atoms with van der Waals surface area (Å²) < 4.78 is 0.472. The second-order valence-electron chi connectivity index (χ2n) is 3.02. The van der Waals surface area contributed by atoms with Crippen LogP contribution >= 0.6 is 21.6 Å². The summed E-state index contributed by atoms with van der Waals surface area (Å²) in [6, 6.07) is 0. The van der Waals surface area contributed by atoms with E-state index in [-0.39, 0.29) is 0 Å². The molecule has 0 aliphatic heterocycles. The van der Waals surface area contributed by atoms with Gasteiger partial charge in [0.25, 0.3) is 0 Å². The predicted molar refractivity (Wildman–Crippen MR) is 54.7 cm³/mol. The molecule has 10 heavy (non-hydrogen) atoms. The van der Waals surface area contributed by atoms with Gasteiger partial charge in [0.2, 0.25) is 0 Å². The van der Waals surface area contributed by atoms with E-state index in [1.54, 1.807) is 0 Å². The Labute approximate surface area is 72.9 Å². The lowest BCUT2D eigenvalue weighted by Crippen LogP contribution is -2.10. The second kappa shape index (κ2) is 5.36. The molecular weight excluding hydrogens is 160 g/mol. The normalized spacial score (nSPS) is 12.0. The highest BCUT2D eigenvalue weighted by Crippen LogP contribution is 2.37. The van der Waals surface area contributed by atoms with Crippen LogP contribution < -0.4 is 0 Å². The molecule has 0 spiro atoms. The van der Waals surface area contributed by atoms with E-state index in [4.69, 9.17) is 0 Å². The third-order valence-corrected chi connectivity index (χ3v) is 5.06. The molecule has 0 aromatic heterocycles. The lowest BCUT2D eigenvalue weighted by molar-refractivity contribution is 0.690. The zero-order valence-electron chi connectivity index (χ0n) is 7.44. The van der Waals surface area contributed by atoms with Crippen LogP contribution in [0.4, 0.5) is 0 Å². The van der Waals surface area contributed by atoms with Crippen LogP contribution in [0.15, 0.2) is 0 Å². The first-order valence-corrected chi connectivity index (χ1v) is 6.25. The molecule has 0 aromatic carbocycles. The van der Waals surface area contributed by atoms with Crippen LogP contribution in [0, 0.1) is 0 Å². The molecule has 0 unspecified atom stereocenters. The van der Waals surface area contributed by atoms with Gasteiger partial charge in [0.1, 0.15) is 0 Å². The van der Waals surface area contributed by atoms with E-state index < -0.39 is 0 Å². The standard InChI is InChI=1S/C8H18S2/c1-5-7-9-10-8(3,4)6-2/h5-7H2,1-4H3. The summed E-state index contributed by atoms with van der Waals surface area (Å²) in [5.74, 6) is 1.29. The lowest BCUT2D eigenvalue weighted by Gasteiger charge is -2.20. The van der Waals surface area contributed by atoms with Crippen LogP contribution in [0.1, 0.15) is 40.5 Å². The molecule has 0 nitrogen and oxygen atoms in total. The smallest absolute Gasteiger partial charge is 0.0204 e. The summed E-state index contributed by atoms with van der Waals surface area (Å²) in [5, 5.41) is 0. The van der Waals surface area contributed by atoms with Crippen LogP contribution in [0.25, 0.3) is 0 Å². The van der Waals surface area contributed by atoms with Crippen LogP contribution in [-0.4, -0.2) is 10.5 Å². The van der Waals surface area contributed by atoms with Crippen molar-refractivity contribution in [2.75, 3.05) is 5.75 Å². The zero-order chi connectivity index (χ0) is 8.04. The van der Waals surface area contributed by atoms with E-state index in [2.05, 4.69) is 27.7 Å². The fourth-order valence-corrected chi connectivity index (χ4v) is 3.09. The minimum Gasteiger partial charge on any atom is -0.0936 e. The van der Waals surface area contributed by atoms with Gasteiger partial charge >= 0.3 is 0 Å². The average molecular weight is 178 g/mol. The summed E-state index contributed by atoms with van der Waals surface area (Å²) in [5.41, 5.74) is 0. The Hall–Kier alpha value is 0.700. The topological polar surface area (TPSA) is 0 Å². The molecule has 0 atom stereocenters. The number of hydrogen-bond donors (Lipinski definition) is 0. The van der Waals surface area contributed by atoms with Crippen molar-refractivity contribution in [2.45, 2.75) is 45.3 Å². The Balaban J connectivity index is 3.28. The van der Waals surface area contributed by atoms with E-state index >= 15 is 0 Å². The van der Waals surface area contributed by atoms with Gasteiger partial charge in [-0.25, -0.2) is 0 Å². The van der Waals surface area contributed by atoms with Crippen LogP contribution in [0.2, 0.25) is 0 Å². The summed E-state index contributed by atoms with van der Waals surface area (Å²) in [4.78, 5) is 0. The maximum Gasteiger partial charge on any atom is 0.0204 e. The van der Waals surface area contributed by atoms with Crippen molar-refractivity contribution in [2.24, 2.45) is 0 Å². The first-order chi connectivity index (χ1) is 4.62.